The summed E-state index contributed by atoms with van der Waals surface area (Å²) in [5.41, 5.74) is 0.714. The molecule has 0 atom stereocenters. The summed E-state index contributed by atoms with van der Waals surface area (Å²) < 4.78 is 22.3. The van der Waals surface area contributed by atoms with Crippen LogP contribution in [0.15, 0.2) is 35.7 Å². The van der Waals surface area contributed by atoms with E-state index in [0.717, 1.165) is 5.41 Å². The Hall–Kier alpha value is -1.62. The van der Waals surface area contributed by atoms with Crippen molar-refractivity contribution in [2.45, 2.75) is 0 Å². The second kappa shape index (κ2) is 4.75. The molecule has 0 spiro atoms. The van der Waals surface area contributed by atoms with Crippen LogP contribution >= 0.6 is 0 Å². The van der Waals surface area contributed by atoms with E-state index in [1.165, 1.54) is 6.08 Å². The van der Waals surface area contributed by atoms with Crippen molar-refractivity contribution in [2.75, 3.05) is 5.75 Å². The molecule has 0 bridgehead atoms. The van der Waals surface area contributed by atoms with Gasteiger partial charge in [-0.05, 0) is 11.6 Å². The van der Waals surface area contributed by atoms with Gasteiger partial charge in [-0.15, -0.1) is 0 Å². The molecule has 4 nitrogen and oxygen atoms in total. The minimum absolute atomic E-state index is 0.714. The van der Waals surface area contributed by atoms with Gasteiger partial charge in [-0.2, -0.15) is 0 Å². The Morgan fingerprint density at radius 3 is 2.40 bits per heavy atom. The van der Waals surface area contributed by atoms with E-state index in [-0.39, 0.29) is 0 Å². The van der Waals surface area contributed by atoms with E-state index in [2.05, 4.69) is 0 Å². The monoisotopic (exact) mass is 226 g/mol. The average molecular weight is 226 g/mol. The zero-order chi connectivity index (χ0) is 11.3. The van der Waals surface area contributed by atoms with E-state index in [1.807, 2.05) is 6.07 Å². The van der Waals surface area contributed by atoms with Crippen molar-refractivity contribution in [1.82, 2.24) is 0 Å². The molecule has 0 fully saturated rings. The first-order chi connectivity index (χ1) is 6.99. The van der Waals surface area contributed by atoms with Crippen LogP contribution in [0.1, 0.15) is 5.56 Å². The summed E-state index contributed by atoms with van der Waals surface area (Å²) in [6.07, 6.45) is 1.37. The summed E-state index contributed by atoms with van der Waals surface area (Å²) in [7, 11) is -3.66. The topological polar surface area (TPSA) is 71.4 Å². The molecule has 0 aliphatic carbocycles. The van der Waals surface area contributed by atoms with Crippen LogP contribution in [0.3, 0.4) is 0 Å². The van der Waals surface area contributed by atoms with Gasteiger partial charge in [0.05, 0.1) is 0 Å². The van der Waals surface area contributed by atoms with E-state index in [9.17, 15) is 13.2 Å². The third kappa shape index (κ3) is 4.42. The molecule has 15 heavy (non-hydrogen) atoms. The van der Waals surface area contributed by atoms with Gasteiger partial charge in [-0.1, -0.05) is 30.3 Å². The number of rotatable bonds is 4. The van der Waals surface area contributed by atoms with Crippen LogP contribution in [0.2, 0.25) is 0 Å². The van der Waals surface area contributed by atoms with Crippen molar-refractivity contribution in [1.29, 1.82) is 0 Å². The van der Waals surface area contributed by atoms with Crippen molar-refractivity contribution >= 4 is 21.9 Å². The van der Waals surface area contributed by atoms with Crippen LogP contribution < -0.4 is 0 Å². The summed E-state index contributed by atoms with van der Waals surface area (Å²) in [6.45, 7) is 0. The Kier molecular flexibility index (Phi) is 3.62. The number of carbonyl (C=O) groups is 1. The van der Waals surface area contributed by atoms with Crippen molar-refractivity contribution in [3.05, 3.63) is 41.3 Å². The van der Waals surface area contributed by atoms with Crippen LogP contribution in [0, 0.1) is 0 Å². The molecule has 0 aliphatic heterocycles. The third-order valence-corrected chi connectivity index (χ3v) is 2.79. The smallest absolute Gasteiger partial charge is 0.319 e. The Labute approximate surface area is 87.8 Å². The Balaban J connectivity index is 2.78. The fourth-order valence-corrected chi connectivity index (χ4v) is 1.77. The first-order valence-corrected chi connectivity index (χ1v) is 5.89. The molecule has 0 radical (unpaired) electrons. The second-order valence-electron chi connectivity index (χ2n) is 2.91. The molecular weight excluding hydrogens is 216 g/mol. The van der Waals surface area contributed by atoms with Gasteiger partial charge in [-0.3, -0.25) is 4.79 Å². The molecule has 5 heteroatoms. The predicted octanol–water partition coefficient (Wildman–Crippen LogP) is 1.16. The van der Waals surface area contributed by atoms with E-state index in [0.29, 0.717) is 5.56 Å². The first kappa shape index (κ1) is 11.5. The molecule has 1 rings (SSSR count). The molecule has 0 saturated carbocycles. The minimum atomic E-state index is -3.66. The molecule has 0 aliphatic rings. The van der Waals surface area contributed by atoms with E-state index >= 15 is 0 Å². The number of sulfone groups is 1. The Morgan fingerprint density at radius 2 is 1.87 bits per heavy atom. The zero-order valence-corrected chi connectivity index (χ0v) is 8.65. The van der Waals surface area contributed by atoms with Crippen molar-refractivity contribution in [2.24, 2.45) is 0 Å². The SMILES string of the molecule is O=C(O)CS(=O)(=O)/C=C\c1ccccc1. The fraction of sp³-hybridized carbons (Fsp3) is 0.100. The molecule has 1 aromatic carbocycles. The predicted molar refractivity (Wildman–Crippen MR) is 56.9 cm³/mol. The van der Waals surface area contributed by atoms with Gasteiger partial charge in [0.15, 0.2) is 15.6 Å². The first-order valence-electron chi connectivity index (χ1n) is 4.17. The van der Waals surface area contributed by atoms with Crippen molar-refractivity contribution in [3.63, 3.8) is 0 Å². The zero-order valence-electron chi connectivity index (χ0n) is 7.83. The highest BCUT2D eigenvalue weighted by Gasteiger charge is 2.11. The van der Waals surface area contributed by atoms with Crippen molar-refractivity contribution in [3.8, 4) is 0 Å². The highest BCUT2D eigenvalue weighted by molar-refractivity contribution is 7.95. The number of hydrogen-bond acceptors (Lipinski definition) is 3. The minimum Gasteiger partial charge on any atom is -0.480 e. The summed E-state index contributed by atoms with van der Waals surface area (Å²) in [5, 5.41) is 9.25. The summed E-state index contributed by atoms with van der Waals surface area (Å²) in [6, 6.07) is 8.80. The number of aliphatic carboxylic acids is 1. The van der Waals surface area contributed by atoms with Crippen LogP contribution in [-0.2, 0) is 14.6 Å². The molecule has 0 unspecified atom stereocenters. The largest absolute Gasteiger partial charge is 0.480 e. The van der Waals surface area contributed by atoms with Gasteiger partial charge in [0.2, 0.25) is 0 Å². The van der Waals surface area contributed by atoms with Crippen LogP contribution in [0.25, 0.3) is 6.08 Å². The molecule has 1 aromatic rings. The quantitative estimate of drug-likeness (QED) is 0.836. The standard InChI is InChI=1S/C10H10O4S/c11-10(12)8-15(13,14)7-6-9-4-2-1-3-5-9/h1-7H,8H2,(H,11,12)/b7-6-. The van der Waals surface area contributed by atoms with Crippen LogP contribution in [0.4, 0.5) is 0 Å². The summed E-state index contributed by atoms with van der Waals surface area (Å²) in [5.74, 6) is -2.23. The maximum absolute atomic E-state index is 11.1. The van der Waals surface area contributed by atoms with E-state index in [4.69, 9.17) is 5.11 Å². The van der Waals surface area contributed by atoms with Gasteiger partial charge in [0.25, 0.3) is 0 Å². The molecule has 0 amide bonds. The van der Waals surface area contributed by atoms with Crippen LogP contribution in [0.5, 0.6) is 0 Å². The van der Waals surface area contributed by atoms with Crippen LogP contribution in [-0.4, -0.2) is 25.2 Å². The fourth-order valence-electron chi connectivity index (χ4n) is 0.967. The number of carboxylic acids is 1. The lowest BCUT2D eigenvalue weighted by atomic mass is 10.2. The maximum Gasteiger partial charge on any atom is 0.319 e. The molecule has 0 aromatic heterocycles. The van der Waals surface area contributed by atoms with Gasteiger partial charge >= 0.3 is 5.97 Å². The van der Waals surface area contributed by atoms with E-state index in [1.54, 1.807) is 24.3 Å². The number of benzene rings is 1. The third-order valence-electron chi connectivity index (χ3n) is 1.59. The van der Waals surface area contributed by atoms with Gasteiger partial charge in [-0.25, -0.2) is 8.42 Å². The normalized spacial score (nSPS) is 11.7. The molecule has 80 valence electrons. The molecule has 0 saturated heterocycles. The Bertz CT molecular complexity index is 459. The average Bonchev–Trinajstić information content (AvgIpc) is 2.15. The summed E-state index contributed by atoms with van der Waals surface area (Å²) in [4.78, 5) is 10.2. The Morgan fingerprint density at radius 1 is 1.27 bits per heavy atom. The lowest BCUT2D eigenvalue weighted by Gasteiger charge is -1.93. The second-order valence-corrected chi connectivity index (χ2v) is 4.80. The van der Waals surface area contributed by atoms with Gasteiger partial charge < -0.3 is 5.11 Å². The molecule has 0 heterocycles. The molecular formula is C10H10O4S. The number of carboxylic acid groups (broad SMARTS) is 1. The maximum atomic E-state index is 11.1. The van der Waals surface area contributed by atoms with Gasteiger partial charge in [0.1, 0.15) is 0 Å². The molecule has 1 N–H and O–H groups in total. The number of hydrogen-bond donors (Lipinski definition) is 1. The lowest BCUT2D eigenvalue weighted by molar-refractivity contribution is -0.134. The van der Waals surface area contributed by atoms with E-state index < -0.39 is 21.6 Å². The lowest BCUT2D eigenvalue weighted by Crippen LogP contribution is -2.12. The highest BCUT2D eigenvalue weighted by atomic mass is 32.2. The van der Waals surface area contributed by atoms with Crippen molar-refractivity contribution < 1.29 is 18.3 Å². The summed E-state index contributed by atoms with van der Waals surface area (Å²) >= 11 is 0. The van der Waals surface area contributed by atoms with Gasteiger partial charge in [0, 0.05) is 5.41 Å². The highest BCUT2D eigenvalue weighted by Crippen LogP contribution is 2.03.